The monoisotopic (exact) mass is 424 g/mol. The fourth-order valence-corrected chi connectivity index (χ4v) is 4.19. The molecule has 12 heteroatoms. The Morgan fingerprint density at radius 1 is 0.963 bits per heavy atom. The van der Waals surface area contributed by atoms with Gasteiger partial charge in [-0.15, -0.1) is 13.2 Å². The first-order chi connectivity index (χ1) is 12.3. The molecule has 0 aliphatic heterocycles. The molecule has 0 atom stereocenters. The number of anilines is 1. The smallest absolute Gasteiger partial charge is 0.406 e. The predicted molar refractivity (Wildman–Crippen MR) is 91.4 cm³/mol. The van der Waals surface area contributed by atoms with Crippen molar-refractivity contribution in [3.63, 3.8) is 0 Å². The van der Waals surface area contributed by atoms with Crippen LogP contribution in [0, 0.1) is 6.92 Å². The van der Waals surface area contributed by atoms with E-state index in [1.54, 1.807) is 0 Å². The van der Waals surface area contributed by atoms with Gasteiger partial charge in [0.15, 0.2) is 0 Å². The Morgan fingerprint density at radius 2 is 1.63 bits per heavy atom. The van der Waals surface area contributed by atoms with Gasteiger partial charge >= 0.3 is 6.36 Å². The van der Waals surface area contributed by atoms with Crippen LogP contribution in [0.2, 0.25) is 0 Å². The zero-order valence-electron chi connectivity index (χ0n) is 14.0. The molecular weight excluding hydrogens is 409 g/mol. The molecule has 0 amide bonds. The van der Waals surface area contributed by atoms with Gasteiger partial charge in [0.25, 0.3) is 10.0 Å². The summed E-state index contributed by atoms with van der Waals surface area (Å²) in [6.07, 6.45) is -4.97. The third-order valence-corrected chi connectivity index (χ3v) is 6.28. The van der Waals surface area contributed by atoms with Crippen LogP contribution in [-0.4, -0.2) is 30.2 Å². The second-order valence-electron chi connectivity index (χ2n) is 5.32. The summed E-state index contributed by atoms with van der Waals surface area (Å²) in [5.41, 5.74) is 0.310. The molecule has 0 saturated heterocycles. The van der Waals surface area contributed by atoms with E-state index in [4.69, 9.17) is 0 Å². The van der Waals surface area contributed by atoms with Crippen LogP contribution in [0.3, 0.4) is 0 Å². The Labute approximate surface area is 154 Å². The Morgan fingerprint density at radius 3 is 2.22 bits per heavy atom. The molecule has 0 fully saturated rings. The Kier molecular flexibility index (Phi) is 5.73. The van der Waals surface area contributed by atoms with Crippen molar-refractivity contribution in [2.24, 2.45) is 0 Å². The van der Waals surface area contributed by atoms with Crippen molar-refractivity contribution in [3.8, 4) is 5.75 Å². The standard InChI is InChI=1S/C15H15F3N2O5S2/c1-10-6-7-11(8-14(10)27(23,24)19-2)20-26(21,22)13-5-3-4-12(9-13)25-15(16,17)18/h3-9,19-20H,1-2H3. The van der Waals surface area contributed by atoms with E-state index < -0.39 is 37.1 Å². The molecule has 0 radical (unpaired) electrons. The molecule has 0 aliphatic rings. The van der Waals surface area contributed by atoms with Crippen molar-refractivity contribution in [2.45, 2.75) is 23.1 Å². The van der Waals surface area contributed by atoms with Crippen LogP contribution < -0.4 is 14.2 Å². The number of nitrogens with one attached hydrogen (secondary N) is 2. The predicted octanol–water partition coefficient (Wildman–Crippen LogP) is 2.60. The number of alkyl halides is 3. The summed E-state index contributed by atoms with van der Waals surface area (Å²) in [7, 11) is -6.91. The van der Waals surface area contributed by atoms with Crippen LogP contribution in [-0.2, 0) is 20.0 Å². The second kappa shape index (κ2) is 7.37. The summed E-state index contributed by atoms with van der Waals surface area (Å²) in [5.74, 6) is -0.701. The third kappa shape index (κ3) is 5.34. The molecule has 0 saturated carbocycles. The summed E-state index contributed by atoms with van der Waals surface area (Å²) in [6, 6.07) is 7.65. The fraction of sp³-hybridized carbons (Fsp3) is 0.200. The minimum absolute atomic E-state index is 0.0726. The van der Waals surface area contributed by atoms with Gasteiger partial charge in [0, 0.05) is 6.07 Å². The third-order valence-electron chi connectivity index (χ3n) is 3.35. The van der Waals surface area contributed by atoms with E-state index in [-0.39, 0.29) is 10.6 Å². The molecule has 2 aromatic rings. The first-order valence-electron chi connectivity index (χ1n) is 7.27. The zero-order valence-corrected chi connectivity index (χ0v) is 15.7. The van der Waals surface area contributed by atoms with E-state index in [9.17, 15) is 30.0 Å². The highest BCUT2D eigenvalue weighted by Crippen LogP contribution is 2.27. The summed E-state index contributed by atoms with van der Waals surface area (Å²) in [5, 5.41) is 0. The van der Waals surface area contributed by atoms with Gasteiger partial charge in [-0.2, -0.15) is 0 Å². The molecule has 0 spiro atoms. The van der Waals surface area contributed by atoms with Gasteiger partial charge in [0.1, 0.15) is 5.75 Å². The summed E-state index contributed by atoms with van der Waals surface area (Å²) in [6.45, 7) is 1.53. The lowest BCUT2D eigenvalue weighted by atomic mass is 10.2. The first kappa shape index (κ1) is 21.0. The molecule has 0 heterocycles. The molecule has 0 aliphatic carbocycles. The normalized spacial score (nSPS) is 12.6. The van der Waals surface area contributed by atoms with Crippen LogP contribution >= 0.6 is 0 Å². The second-order valence-corrected chi connectivity index (χ2v) is 8.85. The number of rotatable bonds is 6. The number of halogens is 3. The maximum absolute atomic E-state index is 12.4. The first-order valence-corrected chi connectivity index (χ1v) is 10.2. The number of benzene rings is 2. The van der Waals surface area contributed by atoms with Crippen molar-refractivity contribution < 1.29 is 34.7 Å². The lowest BCUT2D eigenvalue weighted by Gasteiger charge is -2.13. The topological polar surface area (TPSA) is 102 Å². The van der Waals surface area contributed by atoms with Crippen molar-refractivity contribution in [1.29, 1.82) is 0 Å². The average molecular weight is 424 g/mol. The molecule has 2 N–H and O–H groups in total. The van der Waals surface area contributed by atoms with Crippen molar-refractivity contribution >= 4 is 25.7 Å². The molecule has 0 aromatic heterocycles. The lowest BCUT2D eigenvalue weighted by Crippen LogP contribution is -2.20. The van der Waals surface area contributed by atoms with Crippen molar-refractivity contribution in [1.82, 2.24) is 4.72 Å². The Bertz CT molecular complexity index is 1050. The molecular formula is C15H15F3N2O5S2. The van der Waals surface area contributed by atoms with E-state index in [2.05, 4.69) is 14.2 Å². The quantitative estimate of drug-likeness (QED) is 0.742. The van der Waals surface area contributed by atoms with Gasteiger partial charge in [0.2, 0.25) is 10.0 Å². The molecule has 27 heavy (non-hydrogen) atoms. The highest BCUT2D eigenvalue weighted by Gasteiger charge is 2.31. The highest BCUT2D eigenvalue weighted by atomic mass is 32.2. The summed E-state index contributed by atoms with van der Waals surface area (Å²) in [4.78, 5) is -0.623. The van der Waals surface area contributed by atoms with E-state index >= 15 is 0 Å². The maximum Gasteiger partial charge on any atom is 0.573 e. The van der Waals surface area contributed by atoms with Gasteiger partial charge in [-0.3, -0.25) is 4.72 Å². The number of hydrogen-bond acceptors (Lipinski definition) is 5. The molecule has 148 valence electrons. The van der Waals surface area contributed by atoms with Crippen LogP contribution in [0.25, 0.3) is 0 Å². The number of sulfonamides is 2. The van der Waals surface area contributed by atoms with Crippen molar-refractivity contribution in [3.05, 3.63) is 48.0 Å². The SMILES string of the molecule is CNS(=O)(=O)c1cc(NS(=O)(=O)c2cccc(OC(F)(F)F)c2)ccc1C. The average Bonchev–Trinajstić information content (AvgIpc) is 2.55. The van der Waals surface area contributed by atoms with Gasteiger partial charge in [-0.1, -0.05) is 12.1 Å². The van der Waals surface area contributed by atoms with Gasteiger partial charge in [-0.05, 0) is 43.8 Å². The van der Waals surface area contributed by atoms with Gasteiger partial charge < -0.3 is 4.74 Å². The van der Waals surface area contributed by atoms with Crippen molar-refractivity contribution in [2.75, 3.05) is 11.8 Å². The molecule has 0 bridgehead atoms. The molecule has 2 rings (SSSR count). The minimum atomic E-state index is -4.97. The van der Waals surface area contributed by atoms with Crippen LogP contribution in [0.1, 0.15) is 5.56 Å². The van der Waals surface area contributed by atoms with E-state index in [1.165, 1.54) is 26.1 Å². The maximum atomic E-state index is 12.4. The molecule has 7 nitrogen and oxygen atoms in total. The van der Waals surface area contributed by atoms with E-state index in [0.717, 1.165) is 24.3 Å². The Balaban J connectivity index is 2.37. The summed E-state index contributed by atoms with van der Waals surface area (Å²) < 4.78 is 93.6. The molecule has 2 aromatic carbocycles. The van der Waals surface area contributed by atoms with Crippen LogP contribution in [0.4, 0.5) is 18.9 Å². The lowest BCUT2D eigenvalue weighted by molar-refractivity contribution is -0.274. The largest absolute Gasteiger partial charge is 0.573 e. The van der Waals surface area contributed by atoms with Crippen LogP contribution in [0.15, 0.2) is 52.3 Å². The highest BCUT2D eigenvalue weighted by molar-refractivity contribution is 7.92. The fourth-order valence-electron chi connectivity index (χ4n) is 2.12. The minimum Gasteiger partial charge on any atom is -0.406 e. The Hall–Kier alpha value is -2.31. The van der Waals surface area contributed by atoms with Crippen LogP contribution in [0.5, 0.6) is 5.75 Å². The van der Waals surface area contributed by atoms with Gasteiger partial charge in [0.05, 0.1) is 15.5 Å². The summed E-state index contributed by atoms with van der Waals surface area (Å²) >= 11 is 0. The molecule has 0 unspecified atom stereocenters. The number of ether oxygens (including phenoxy) is 1. The zero-order chi connectivity index (χ0) is 20.5. The number of aryl methyl sites for hydroxylation is 1. The van der Waals surface area contributed by atoms with Gasteiger partial charge in [-0.25, -0.2) is 21.6 Å². The van der Waals surface area contributed by atoms with E-state index in [0.29, 0.717) is 11.6 Å². The number of hydrogen-bond donors (Lipinski definition) is 2. The van der Waals surface area contributed by atoms with E-state index in [1.807, 2.05) is 0 Å².